The Morgan fingerprint density at radius 1 is 1.07 bits per heavy atom. The molecular formula is C20H25ClO6. The molecule has 2 fully saturated rings. The van der Waals surface area contributed by atoms with E-state index in [1.165, 1.54) is 36.4 Å². The largest absolute Gasteiger partial charge is 0.504 e. The number of hydrogen-bond acceptors (Lipinski definition) is 6. The Morgan fingerprint density at radius 3 is 2.15 bits per heavy atom. The van der Waals surface area contributed by atoms with E-state index in [4.69, 9.17) is 43.4 Å². The van der Waals surface area contributed by atoms with Crippen LogP contribution in [0.3, 0.4) is 0 Å². The van der Waals surface area contributed by atoms with Gasteiger partial charge in [-0.1, -0.05) is 24.3 Å². The number of phenols is 1. The number of phenolic OH excluding ortho intramolecular Hbond substituents is 1. The number of methoxy groups -OCH3 is 2. The highest BCUT2D eigenvalue weighted by molar-refractivity contribution is 6.18. The molecule has 0 amide bonds. The molecule has 1 N–H and O–H groups in total. The number of alkyl halides is 1. The van der Waals surface area contributed by atoms with Crippen LogP contribution < -0.4 is 14.2 Å². The number of aromatic hydroxyl groups is 1. The van der Waals surface area contributed by atoms with Crippen LogP contribution in [-0.4, -0.2) is 56.9 Å². The summed E-state index contributed by atoms with van der Waals surface area (Å²) in [5, 5.41) is 9.10. The summed E-state index contributed by atoms with van der Waals surface area (Å²) in [4.78, 5) is 0. The number of epoxide rings is 2. The lowest BCUT2D eigenvalue weighted by atomic mass is 10.3. The first-order valence-corrected chi connectivity index (χ1v) is 7.49. The van der Waals surface area contributed by atoms with Crippen molar-refractivity contribution in [3.8, 4) is 23.0 Å². The highest BCUT2D eigenvalue weighted by Crippen LogP contribution is 2.26. The van der Waals surface area contributed by atoms with Crippen LogP contribution >= 0.6 is 11.6 Å². The van der Waals surface area contributed by atoms with Crippen molar-refractivity contribution in [2.45, 2.75) is 12.2 Å². The third-order valence-electron chi connectivity index (χ3n) is 2.68. The first kappa shape index (κ1) is 8.07. The molecule has 2 heterocycles. The molecule has 6 nitrogen and oxygen atoms in total. The summed E-state index contributed by atoms with van der Waals surface area (Å²) in [5.41, 5.74) is 0. The molecule has 0 bridgehead atoms. The summed E-state index contributed by atoms with van der Waals surface area (Å²) < 4.78 is 136. The van der Waals surface area contributed by atoms with Crippen LogP contribution in [-0.2, 0) is 9.47 Å². The number of para-hydroxylation sites is 4. The Morgan fingerprint density at radius 2 is 1.63 bits per heavy atom. The lowest BCUT2D eigenvalue weighted by Gasteiger charge is -2.08. The van der Waals surface area contributed by atoms with Crippen molar-refractivity contribution in [1.82, 2.24) is 0 Å². The number of hydrogen-bond donors (Lipinski definition) is 1. The summed E-state index contributed by atoms with van der Waals surface area (Å²) >= 11 is 5.04. The summed E-state index contributed by atoms with van der Waals surface area (Å²) in [6.07, 6.45) is -4.77. The van der Waals surface area contributed by atoms with E-state index in [2.05, 4.69) is 18.9 Å². The van der Waals surface area contributed by atoms with Crippen LogP contribution in [0.5, 0.6) is 23.0 Å². The normalized spacial score (nSPS) is 38.7. The molecule has 0 aliphatic carbocycles. The molecule has 2 aliphatic rings. The van der Waals surface area contributed by atoms with E-state index in [1.54, 1.807) is 12.1 Å². The molecule has 148 valence electrons. The first-order valence-electron chi connectivity index (χ1n) is 15.1. The maximum Gasteiger partial charge on any atom is 0.161 e. The predicted molar refractivity (Wildman–Crippen MR) is 103 cm³/mol. The third-order valence-corrected chi connectivity index (χ3v) is 2.85. The molecule has 2 unspecified atom stereocenters. The highest BCUT2D eigenvalue weighted by atomic mass is 35.5. The summed E-state index contributed by atoms with van der Waals surface area (Å²) in [5.74, 6) is -3.19. The molecule has 0 spiro atoms. The van der Waals surface area contributed by atoms with Crippen LogP contribution in [0.25, 0.3) is 0 Å². The van der Waals surface area contributed by atoms with Gasteiger partial charge in [-0.3, -0.25) is 0 Å². The number of ether oxygens (including phenoxy) is 5. The van der Waals surface area contributed by atoms with Gasteiger partial charge in [0.1, 0.15) is 12.6 Å². The molecule has 4 rings (SSSR count). The summed E-state index contributed by atoms with van der Waals surface area (Å²) in [7, 11) is -5.27. The second-order valence-corrected chi connectivity index (χ2v) is 4.67. The zero-order chi connectivity index (χ0) is 33.5. The van der Waals surface area contributed by atoms with Crippen LogP contribution in [0.1, 0.15) is 21.9 Å². The Labute approximate surface area is 187 Å². The van der Waals surface area contributed by atoms with Gasteiger partial charge in [-0.15, -0.1) is 11.6 Å². The number of rotatable bonds is 6. The van der Waals surface area contributed by atoms with Gasteiger partial charge in [0.05, 0.1) is 58.3 Å². The fourth-order valence-corrected chi connectivity index (χ4v) is 1.47. The molecule has 0 aromatic heterocycles. The van der Waals surface area contributed by atoms with Crippen molar-refractivity contribution >= 4 is 11.6 Å². The van der Waals surface area contributed by atoms with Gasteiger partial charge < -0.3 is 28.8 Å². The van der Waals surface area contributed by atoms with Crippen molar-refractivity contribution < 1.29 is 50.7 Å². The van der Waals surface area contributed by atoms with E-state index < -0.39 is 51.7 Å². The van der Waals surface area contributed by atoms with E-state index in [0.717, 1.165) is 0 Å². The number of halogens is 1. The molecular weight excluding hydrogens is 372 g/mol. The Kier molecular flexibility index (Phi) is 3.45. The molecule has 0 radical (unpaired) electrons. The van der Waals surface area contributed by atoms with Gasteiger partial charge in [-0.05, 0) is 24.3 Å². The van der Waals surface area contributed by atoms with Crippen molar-refractivity contribution in [2.75, 3.05) is 39.6 Å². The first-order chi connectivity index (χ1) is 19.1. The molecule has 2 aliphatic heterocycles. The zero-order valence-electron chi connectivity index (χ0n) is 29.5. The molecule has 7 heteroatoms. The molecule has 0 saturated carbocycles. The van der Waals surface area contributed by atoms with Crippen molar-refractivity contribution in [2.24, 2.45) is 0 Å². The smallest absolute Gasteiger partial charge is 0.161 e. The lowest BCUT2D eigenvalue weighted by molar-refractivity contribution is 0.252. The number of benzene rings is 2. The highest BCUT2D eigenvalue weighted by Gasteiger charge is 2.23. The van der Waals surface area contributed by atoms with Gasteiger partial charge in [0.25, 0.3) is 0 Å². The summed E-state index contributed by atoms with van der Waals surface area (Å²) in [6.45, 7) is -7.58. The lowest BCUT2D eigenvalue weighted by Crippen LogP contribution is -2.04. The summed E-state index contributed by atoms with van der Waals surface area (Å²) in [6, 6.07) is 11.4. The van der Waals surface area contributed by atoms with Crippen LogP contribution in [0, 0.1) is 0 Å². The van der Waals surface area contributed by atoms with E-state index in [9.17, 15) is 0 Å². The molecule has 2 aromatic carbocycles. The maximum absolute atomic E-state index is 9.10. The van der Waals surface area contributed by atoms with E-state index in [-0.39, 0.29) is 23.0 Å². The van der Waals surface area contributed by atoms with Crippen molar-refractivity contribution in [1.29, 1.82) is 0 Å². The van der Waals surface area contributed by atoms with Gasteiger partial charge in [-0.2, -0.15) is 0 Å². The molecule has 2 atom stereocenters. The van der Waals surface area contributed by atoms with Gasteiger partial charge >= 0.3 is 0 Å². The van der Waals surface area contributed by atoms with Crippen molar-refractivity contribution in [3.63, 3.8) is 0 Å². The molecule has 2 aromatic rings. The molecule has 27 heavy (non-hydrogen) atoms. The van der Waals surface area contributed by atoms with Crippen LogP contribution in [0.4, 0.5) is 0 Å². The second-order valence-electron chi connectivity index (χ2n) is 4.48. The predicted octanol–water partition coefficient (Wildman–Crippen LogP) is 3.50. The monoisotopic (exact) mass is 412 g/mol. The Bertz CT molecular complexity index is 1270. The average Bonchev–Trinajstić information content (AvgIpc) is 3.55. The maximum atomic E-state index is 9.10. The standard InChI is InChI=1S/C10H12O3.C7H8O2.C3H5ClO/c1-11-9-4-2-3-5-10(9)13-7-8-6-12-8;1-9-7-5-3-2-4-6(7)8;4-1-3-2-5-3/h2-5,8H,6-7H2,1H3;2-5,8H,1H3;3H,1-2H2/i1D3,6D2,7D2,8D;1D3;1D2,2D2,3D. The zero-order valence-corrected chi connectivity index (χ0v) is 14.2. The SMILES string of the molecule is [2H]C([2H])(Cl)C1([2H])OC1([2H])[2H].[2H]C([2H])([2H])Oc1ccccc1O.[2H]C([2H])([2H])Oc1ccccc1OC([2H])([2H])C1([2H])OC1([2H])[2H]. The minimum Gasteiger partial charge on any atom is -0.504 e. The van der Waals surface area contributed by atoms with Gasteiger partial charge in [0, 0.05) is 2.74 Å². The van der Waals surface area contributed by atoms with E-state index in [1.807, 2.05) is 0 Å². The topological polar surface area (TPSA) is 73.0 Å². The fourth-order valence-electron chi connectivity index (χ4n) is 1.39. The van der Waals surface area contributed by atoms with Crippen LogP contribution in [0.15, 0.2) is 48.5 Å². The van der Waals surface area contributed by atoms with E-state index >= 15 is 0 Å². The second kappa shape index (κ2) is 11.5. The fraction of sp³-hybridized carbons (Fsp3) is 0.400. The minimum absolute atomic E-state index is 0.0301. The third kappa shape index (κ3) is 8.39. The Balaban J connectivity index is 0.000000248. The van der Waals surface area contributed by atoms with Gasteiger partial charge in [-0.25, -0.2) is 0 Å². The van der Waals surface area contributed by atoms with Crippen molar-refractivity contribution in [3.05, 3.63) is 48.5 Å². The Hall–Kier alpha value is -2.15. The average molecular weight is 413 g/mol. The van der Waals surface area contributed by atoms with Gasteiger partial charge in [0.15, 0.2) is 23.0 Å². The minimum atomic E-state index is -2.84. The van der Waals surface area contributed by atoms with Gasteiger partial charge in [0.2, 0.25) is 0 Å². The quantitative estimate of drug-likeness (QED) is 0.578. The van der Waals surface area contributed by atoms with Crippen LogP contribution in [0.2, 0.25) is 0 Å². The molecule has 2 saturated heterocycles. The van der Waals surface area contributed by atoms with E-state index in [0.29, 0.717) is 0 Å².